The van der Waals surface area contributed by atoms with E-state index >= 15 is 0 Å². The van der Waals surface area contributed by atoms with E-state index in [1.165, 1.54) is 0 Å². The summed E-state index contributed by atoms with van der Waals surface area (Å²) in [5.41, 5.74) is 0.775. The van der Waals surface area contributed by atoms with Gasteiger partial charge in [0.05, 0.1) is 18.8 Å². The van der Waals surface area contributed by atoms with Gasteiger partial charge in [0, 0.05) is 17.9 Å². The molecule has 0 amide bonds. The van der Waals surface area contributed by atoms with Crippen LogP contribution < -0.4 is 0 Å². The lowest BCUT2D eigenvalue weighted by Gasteiger charge is -2.17. The van der Waals surface area contributed by atoms with Crippen molar-refractivity contribution in [2.24, 2.45) is 0 Å². The van der Waals surface area contributed by atoms with E-state index in [0.29, 0.717) is 11.5 Å². The van der Waals surface area contributed by atoms with E-state index in [2.05, 4.69) is 4.74 Å². The maximum absolute atomic E-state index is 9.91. The van der Waals surface area contributed by atoms with Crippen molar-refractivity contribution in [2.75, 3.05) is 6.61 Å². The van der Waals surface area contributed by atoms with E-state index in [1.807, 2.05) is 6.07 Å². The van der Waals surface area contributed by atoms with E-state index in [9.17, 15) is 15.0 Å². The molecule has 0 aromatic heterocycles. The first-order valence-corrected chi connectivity index (χ1v) is 5.67. The summed E-state index contributed by atoms with van der Waals surface area (Å²) < 4.78 is 4.45. The number of aliphatic hydroxyl groups excluding tert-OH is 2. The molecule has 0 aliphatic rings. The predicted molar refractivity (Wildman–Crippen MR) is 63.8 cm³/mol. The van der Waals surface area contributed by atoms with E-state index in [1.54, 1.807) is 18.2 Å². The Labute approximate surface area is 105 Å². The highest BCUT2D eigenvalue weighted by Crippen LogP contribution is 2.18. The van der Waals surface area contributed by atoms with Gasteiger partial charge in [-0.25, -0.2) is 0 Å². The fourth-order valence-corrected chi connectivity index (χ4v) is 1.67. The SMILES string of the molecule is O=COCC[C@H](O)[C@@H](O)Cc1ccccc1Cl. The maximum Gasteiger partial charge on any atom is 0.293 e. The third-order valence-electron chi connectivity index (χ3n) is 2.43. The lowest BCUT2D eigenvalue weighted by Crippen LogP contribution is -2.29. The number of rotatable bonds is 7. The molecule has 1 aromatic rings. The molecule has 0 saturated carbocycles. The Morgan fingerprint density at radius 2 is 2.00 bits per heavy atom. The fraction of sp³-hybridized carbons (Fsp3) is 0.417. The quantitative estimate of drug-likeness (QED) is 0.569. The minimum absolute atomic E-state index is 0.0875. The first-order chi connectivity index (χ1) is 8.15. The minimum atomic E-state index is -0.939. The molecule has 1 rings (SSSR count). The second kappa shape index (κ2) is 7.27. The molecule has 0 aliphatic carbocycles. The van der Waals surface area contributed by atoms with Crippen LogP contribution in [-0.4, -0.2) is 35.5 Å². The smallest absolute Gasteiger partial charge is 0.293 e. The van der Waals surface area contributed by atoms with Crippen LogP contribution in [0.5, 0.6) is 0 Å². The van der Waals surface area contributed by atoms with Gasteiger partial charge in [-0.2, -0.15) is 0 Å². The number of ether oxygens (including phenoxy) is 1. The summed E-state index contributed by atoms with van der Waals surface area (Å²) in [6.07, 6.45) is -1.40. The molecule has 2 atom stereocenters. The molecule has 1 aromatic carbocycles. The van der Waals surface area contributed by atoms with Gasteiger partial charge in [-0.3, -0.25) is 4.79 Å². The van der Waals surface area contributed by atoms with E-state index in [4.69, 9.17) is 11.6 Å². The first kappa shape index (κ1) is 14.0. The normalized spacial score (nSPS) is 14.1. The van der Waals surface area contributed by atoms with Crippen molar-refractivity contribution in [3.63, 3.8) is 0 Å². The summed E-state index contributed by atoms with van der Waals surface area (Å²) in [5.74, 6) is 0. The zero-order valence-electron chi connectivity index (χ0n) is 9.25. The summed E-state index contributed by atoms with van der Waals surface area (Å²) >= 11 is 5.94. The highest BCUT2D eigenvalue weighted by Gasteiger charge is 2.17. The second-order valence-electron chi connectivity index (χ2n) is 3.69. The van der Waals surface area contributed by atoms with Crippen LogP contribution in [0.15, 0.2) is 24.3 Å². The summed E-state index contributed by atoms with van der Waals surface area (Å²) in [5, 5.41) is 19.9. The topological polar surface area (TPSA) is 66.8 Å². The molecule has 0 bridgehead atoms. The summed E-state index contributed by atoms with van der Waals surface area (Å²) in [6.45, 7) is 0.400. The van der Waals surface area contributed by atoms with Gasteiger partial charge in [0.25, 0.3) is 6.47 Å². The number of hydrogen-bond donors (Lipinski definition) is 2. The van der Waals surface area contributed by atoms with Crippen LogP contribution in [0.2, 0.25) is 5.02 Å². The van der Waals surface area contributed by atoms with Crippen LogP contribution >= 0.6 is 11.6 Å². The average Bonchev–Trinajstić information content (AvgIpc) is 2.32. The standard InChI is InChI=1S/C12H15ClO4/c13-10-4-2-1-3-9(10)7-12(16)11(15)5-6-17-8-14/h1-4,8,11-12,15-16H,5-7H2/t11-,12-/m0/s1. The van der Waals surface area contributed by atoms with Gasteiger partial charge in [0.1, 0.15) is 0 Å². The largest absolute Gasteiger partial charge is 0.468 e. The Morgan fingerprint density at radius 1 is 1.29 bits per heavy atom. The van der Waals surface area contributed by atoms with Crippen molar-refractivity contribution >= 4 is 18.1 Å². The molecule has 94 valence electrons. The molecule has 4 nitrogen and oxygen atoms in total. The third kappa shape index (κ3) is 4.73. The monoisotopic (exact) mass is 258 g/mol. The third-order valence-corrected chi connectivity index (χ3v) is 2.80. The molecule has 17 heavy (non-hydrogen) atoms. The fourth-order valence-electron chi connectivity index (χ4n) is 1.45. The molecule has 0 radical (unpaired) electrons. The Morgan fingerprint density at radius 3 is 2.65 bits per heavy atom. The maximum atomic E-state index is 9.91. The summed E-state index contributed by atoms with van der Waals surface area (Å²) in [6, 6.07) is 7.13. The minimum Gasteiger partial charge on any atom is -0.468 e. The molecule has 0 heterocycles. The van der Waals surface area contributed by atoms with Crippen LogP contribution in [0.1, 0.15) is 12.0 Å². The van der Waals surface area contributed by atoms with Gasteiger partial charge in [-0.15, -0.1) is 0 Å². The number of carbonyl (C=O) groups excluding carboxylic acids is 1. The van der Waals surface area contributed by atoms with Crippen molar-refractivity contribution in [3.8, 4) is 0 Å². The molecule has 2 N–H and O–H groups in total. The van der Waals surface area contributed by atoms with Gasteiger partial charge >= 0.3 is 0 Å². The predicted octanol–water partition coefficient (Wildman–Crippen LogP) is 1.17. The van der Waals surface area contributed by atoms with Crippen LogP contribution in [0.4, 0.5) is 0 Å². The number of carbonyl (C=O) groups is 1. The molecular formula is C12H15ClO4. The molecule has 0 aliphatic heterocycles. The molecule has 0 saturated heterocycles. The molecule has 5 heteroatoms. The number of halogens is 1. The molecule has 0 spiro atoms. The van der Waals surface area contributed by atoms with Crippen LogP contribution in [0.25, 0.3) is 0 Å². The van der Waals surface area contributed by atoms with Gasteiger partial charge in [0.2, 0.25) is 0 Å². The molecule has 0 fully saturated rings. The zero-order valence-corrected chi connectivity index (χ0v) is 10.0. The lowest BCUT2D eigenvalue weighted by atomic mass is 10.0. The highest BCUT2D eigenvalue weighted by molar-refractivity contribution is 6.31. The average molecular weight is 259 g/mol. The van der Waals surface area contributed by atoms with Gasteiger partial charge in [-0.1, -0.05) is 29.8 Å². The van der Waals surface area contributed by atoms with Crippen molar-refractivity contribution in [2.45, 2.75) is 25.0 Å². The Balaban J connectivity index is 2.45. The Kier molecular flexibility index (Phi) is 5.97. The highest BCUT2D eigenvalue weighted by atomic mass is 35.5. The number of hydrogen-bond acceptors (Lipinski definition) is 4. The Bertz CT molecular complexity index is 356. The molecular weight excluding hydrogens is 244 g/mol. The zero-order chi connectivity index (χ0) is 12.7. The van der Waals surface area contributed by atoms with E-state index in [0.717, 1.165) is 5.56 Å². The summed E-state index contributed by atoms with van der Waals surface area (Å²) in [4.78, 5) is 9.91. The van der Waals surface area contributed by atoms with Crippen LogP contribution in [-0.2, 0) is 16.0 Å². The second-order valence-corrected chi connectivity index (χ2v) is 4.09. The van der Waals surface area contributed by atoms with Gasteiger partial charge < -0.3 is 14.9 Å². The van der Waals surface area contributed by atoms with E-state index in [-0.39, 0.29) is 19.4 Å². The summed E-state index contributed by atoms with van der Waals surface area (Å²) in [7, 11) is 0. The number of benzene rings is 1. The van der Waals surface area contributed by atoms with Crippen molar-refractivity contribution in [1.29, 1.82) is 0 Å². The van der Waals surface area contributed by atoms with E-state index < -0.39 is 12.2 Å². The van der Waals surface area contributed by atoms with Crippen molar-refractivity contribution in [3.05, 3.63) is 34.9 Å². The van der Waals surface area contributed by atoms with Crippen LogP contribution in [0, 0.1) is 0 Å². The first-order valence-electron chi connectivity index (χ1n) is 5.30. The number of aliphatic hydroxyl groups is 2. The van der Waals surface area contributed by atoms with Gasteiger partial charge in [0.15, 0.2) is 0 Å². The molecule has 0 unspecified atom stereocenters. The van der Waals surface area contributed by atoms with Gasteiger partial charge in [-0.05, 0) is 11.6 Å². The Hall–Kier alpha value is -1.10. The van der Waals surface area contributed by atoms with Crippen molar-refractivity contribution in [1.82, 2.24) is 0 Å². The van der Waals surface area contributed by atoms with Crippen LogP contribution in [0.3, 0.4) is 0 Å². The van der Waals surface area contributed by atoms with Crippen molar-refractivity contribution < 1.29 is 19.7 Å². The lowest BCUT2D eigenvalue weighted by molar-refractivity contribution is -0.129.